The zero-order chi connectivity index (χ0) is 16.6. The number of benzene rings is 1. The number of aryl methyl sites for hydroxylation is 1. The van der Waals surface area contributed by atoms with Gasteiger partial charge in [0.2, 0.25) is 10.0 Å². The molecule has 124 valence electrons. The Hall–Kier alpha value is -1.15. The third kappa shape index (κ3) is 3.24. The maximum Gasteiger partial charge on any atom is 0.244 e. The lowest BCUT2D eigenvalue weighted by molar-refractivity contribution is 0.258. The van der Waals surface area contributed by atoms with E-state index in [0.717, 1.165) is 0 Å². The molecule has 0 bridgehead atoms. The second-order valence-corrected chi connectivity index (χ2v) is 8.27. The molecule has 23 heavy (non-hydrogen) atoms. The van der Waals surface area contributed by atoms with E-state index in [1.165, 1.54) is 16.4 Å². The van der Waals surface area contributed by atoms with Gasteiger partial charge in [0.1, 0.15) is 4.90 Å². The molecule has 0 unspecified atom stereocenters. The van der Waals surface area contributed by atoms with Gasteiger partial charge in [-0.05, 0) is 37.5 Å². The van der Waals surface area contributed by atoms with Gasteiger partial charge in [-0.15, -0.1) is 5.10 Å². The summed E-state index contributed by atoms with van der Waals surface area (Å²) >= 11 is 12.1. The highest BCUT2D eigenvalue weighted by Crippen LogP contribution is 2.32. The van der Waals surface area contributed by atoms with Gasteiger partial charge in [-0.2, -0.15) is 4.31 Å². The van der Waals surface area contributed by atoms with Crippen molar-refractivity contribution in [1.29, 1.82) is 0 Å². The number of halogens is 2. The molecule has 0 aliphatic carbocycles. The van der Waals surface area contributed by atoms with Gasteiger partial charge in [0.25, 0.3) is 0 Å². The molecule has 2 aromatic rings. The van der Waals surface area contributed by atoms with Gasteiger partial charge < -0.3 is 0 Å². The van der Waals surface area contributed by atoms with Crippen molar-refractivity contribution in [2.45, 2.75) is 30.7 Å². The Morgan fingerprint density at radius 1 is 1.17 bits per heavy atom. The van der Waals surface area contributed by atoms with E-state index < -0.39 is 10.0 Å². The minimum atomic E-state index is -3.63. The Labute approximate surface area is 145 Å². The first-order chi connectivity index (χ1) is 10.9. The smallest absolute Gasteiger partial charge is 0.244 e. The molecule has 0 N–H and O–H groups in total. The van der Waals surface area contributed by atoms with Crippen LogP contribution in [-0.2, 0) is 10.0 Å². The van der Waals surface area contributed by atoms with Crippen LogP contribution in [0.3, 0.4) is 0 Å². The Kier molecular flexibility index (Phi) is 4.64. The first-order valence-corrected chi connectivity index (χ1v) is 9.41. The van der Waals surface area contributed by atoms with Gasteiger partial charge in [0.15, 0.2) is 0 Å². The molecule has 1 saturated heterocycles. The maximum absolute atomic E-state index is 12.8. The molecule has 1 aliphatic rings. The minimum Gasteiger partial charge on any atom is -0.249 e. The topological polar surface area (TPSA) is 68.1 Å². The van der Waals surface area contributed by atoms with Crippen molar-refractivity contribution in [2.24, 2.45) is 0 Å². The first-order valence-electron chi connectivity index (χ1n) is 7.21. The number of rotatable bonds is 3. The third-order valence-electron chi connectivity index (χ3n) is 4.07. The molecule has 0 spiro atoms. The van der Waals surface area contributed by atoms with Crippen molar-refractivity contribution in [1.82, 2.24) is 19.3 Å². The summed E-state index contributed by atoms with van der Waals surface area (Å²) < 4.78 is 28.9. The average molecular weight is 375 g/mol. The fraction of sp³-hybridized carbons (Fsp3) is 0.429. The van der Waals surface area contributed by atoms with Crippen molar-refractivity contribution in [2.75, 3.05) is 13.1 Å². The Balaban J connectivity index is 1.81. The number of hydrogen-bond acceptors (Lipinski definition) is 4. The highest BCUT2D eigenvalue weighted by molar-refractivity contribution is 7.89. The molecule has 0 saturated carbocycles. The molecule has 0 atom stereocenters. The summed E-state index contributed by atoms with van der Waals surface area (Å²) in [4.78, 5) is 0.111. The molecule has 6 nitrogen and oxygen atoms in total. The molecule has 9 heteroatoms. The van der Waals surface area contributed by atoms with Gasteiger partial charge in [0, 0.05) is 24.3 Å². The van der Waals surface area contributed by atoms with Crippen LogP contribution in [0.2, 0.25) is 10.0 Å². The van der Waals surface area contributed by atoms with Crippen LogP contribution in [0.1, 0.15) is 24.4 Å². The number of piperidine rings is 1. The van der Waals surface area contributed by atoms with E-state index in [1.807, 2.05) is 0 Å². The highest BCUT2D eigenvalue weighted by atomic mass is 35.5. The van der Waals surface area contributed by atoms with Gasteiger partial charge in [-0.1, -0.05) is 28.4 Å². The molecular formula is C14H16Cl2N4O2S. The molecule has 1 aromatic carbocycles. The van der Waals surface area contributed by atoms with Crippen LogP contribution >= 0.6 is 23.2 Å². The van der Waals surface area contributed by atoms with Crippen LogP contribution < -0.4 is 0 Å². The van der Waals surface area contributed by atoms with E-state index >= 15 is 0 Å². The second kappa shape index (κ2) is 6.39. The van der Waals surface area contributed by atoms with Crippen LogP contribution in [0, 0.1) is 6.92 Å². The summed E-state index contributed by atoms with van der Waals surface area (Å²) in [5.41, 5.74) is 0.687. The Morgan fingerprint density at radius 3 is 2.48 bits per heavy atom. The second-order valence-electron chi connectivity index (χ2n) is 5.55. The summed E-state index contributed by atoms with van der Waals surface area (Å²) in [6.07, 6.45) is 4.80. The van der Waals surface area contributed by atoms with Crippen molar-refractivity contribution in [3.8, 4) is 0 Å². The van der Waals surface area contributed by atoms with Crippen LogP contribution in [0.25, 0.3) is 0 Å². The van der Waals surface area contributed by atoms with Gasteiger partial charge in [-0.3, -0.25) is 0 Å². The van der Waals surface area contributed by atoms with E-state index in [1.54, 1.807) is 24.0 Å². The third-order valence-corrected chi connectivity index (χ3v) is 6.84. The number of nitrogens with zero attached hydrogens (tertiary/aromatic N) is 4. The Morgan fingerprint density at radius 2 is 1.87 bits per heavy atom. The molecule has 1 fully saturated rings. The van der Waals surface area contributed by atoms with E-state index in [2.05, 4.69) is 10.3 Å². The minimum absolute atomic E-state index is 0.111. The average Bonchev–Trinajstić information content (AvgIpc) is 3.05. The maximum atomic E-state index is 12.8. The summed E-state index contributed by atoms with van der Waals surface area (Å²) in [6, 6.07) is 3.18. The van der Waals surface area contributed by atoms with Crippen LogP contribution in [0.5, 0.6) is 0 Å². The number of sulfonamides is 1. The summed E-state index contributed by atoms with van der Waals surface area (Å²) in [6.45, 7) is 2.60. The lowest BCUT2D eigenvalue weighted by Gasteiger charge is -2.31. The standard InChI is InChI=1S/C14H16Cl2N4O2S/c1-10-8-14(13(16)9-12(10)15)23(21,22)19-5-2-11(3-6-19)20-7-4-17-18-20/h4,7-9,11H,2-3,5-6H2,1H3. The molecule has 3 rings (SSSR count). The van der Waals surface area contributed by atoms with Gasteiger partial charge >= 0.3 is 0 Å². The van der Waals surface area contributed by atoms with Crippen LogP contribution in [-0.4, -0.2) is 40.8 Å². The molecular weight excluding hydrogens is 359 g/mol. The van der Waals surface area contributed by atoms with Crippen molar-refractivity contribution < 1.29 is 8.42 Å². The lowest BCUT2D eigenvalue weighted by atomic mass is 10.1. The zero-order valence-electron chi connectivity index (χ0n) is 12.5. The largest absolute Gasteiger partial charge is 0.249 e. The summed E-state index contributed by atoms with van der Waals surface area (Å²) in [5, 5.41) is 8.39. The molecule has 1 aromatic heterocycles. The predicted octanol–water partition coefficient (Wildman–Crippen LogP) is 2.92. The predicted molar refractivity (Wildman–Crippen MR) is 88.3 cm³/mol. The van der Waals surface area contributed by atoms with Crippen molar-refractivity contribution >= 4 is 33.2 Å². The van der Waals surface area contributed by atoms with E-state index in [-0.39, 0.29) is 16.0 Å². The molecule has 2 heterocycles. The first kappa shape index (κ1) is 16.7. The SMILES string of the molecule is Cc1cc(S(=O)(=O)N2CCC(n3ccnn3)CC2)c(Cl)cc1Cl. The highest BCUT2D eigenvalue weighted by Gasteiger charge is 2.32. The quantitative estimate of drug-likeness (QED) is 0.827. The monoisotopic (exact) mass is 374 g/mol. The van der Waals surface area contributed by atoms with E-state index in [0.29, 0.717) is 36.5 Å². The van der Waals surface area contributed by atoms with Gasteiger partial charge in [-0.25, -0.2) is 13.1 Å². The number of aromatic nitrogens is 3. The van der Waals surface area contributed by atoms with Crippen LogP contribution in [0.15, 0.2) is 29.4 Å². The van der Waals surface area contributed by atoms with Crippen molar-refractivity contribution in [3.63, 3.8) is 0 Å². The number of hydrogen-bond donors (Lipinski definition) is 0. The molecule has 0 amide bonds. The lowest BCUT2D eigenvalue weighted by Crippen LogP contribution is -2.39. The van der Waals surface area contributed by atoms with E-state index in [4.69, 9.17) is 23.2 Å². The van der Waals surface area contributed by atoms with Crippen molar-refractivity contribution in [3.05, 3.63) is 40.1 Å². The zero-order valence-corrected chi connectivity index (χ0v) is 14.8. The molecule has 0 radical (unpaired) electrons. The molecule has 1 aliphatic heterocycles. The van der Waals surface area contributed by atoms with E-state index in [9.17, 15) is 8.42 Å². The van der Waals surface area contributed by atoms with Gasteiger partial charge in [0.05, 0.1) is 17.3 Å². The normalized spacial score (nSPS) is 17.5. The Bertz CT molecular complexity index is 800. The van der Waals surface area contributed by atoms with Crippen LogP contribution in [0.4, 0.5) is 0 Å². The fourth-order valence-electron chi connectivity index (χ4n) is 2.73. The summed E-state index contributed by atoms with van der Waals surface area (Å²) in [5.74, 6) is 0. The summed E-state index contributed by atoms with van der Waals surface area (Å²) in [7, 11) is -3.63. The fourth-order valence-corrected chi connectivity index (χ4v) is 5.00.